The number of carbonyl (C=O) groups is 1. The number of fused-ring (bicyclic) bond motifs is 2. The van der Waals surface area contributed by atoms with Gasteiger partial charge in [-0.05, 0) is 57.8 Å². The quantitative estimate of drug-likeness (QED) is 0.727. The van der Waals surface area contributed by atoms with Crippen LogP contribution in [0, 0.1) is 0 Å². The predicted molar refractivity (Wildman–Crippen MR) is 93.8 cm³/mol. The Bertz CT molecular complexity index is 1040. The van der Waals surface area contributed by atoms with Crippen molar-refractivity contribution in [3.63, 3.8) is 0 Å². The monoisotopic (exact) mass is 373 g/mol. The lowest BCUT2D eigenvalue weighted by molar-refractivity contribution is -0.274. The molecule has 4 nitrogen and oxygen atoms in total. The fraction of sp³-hybridized carbons (Fsp3) is 0.150. The second-order valence-corrected chi connectivity index (χ2v) is 6.12. The second-order valence-electron chi connectivity index (χ2n) is 6.12. The van der Waals surface area contributed by atoms with Gasteiger partial charge in [0, 0.05) is 12.1 Å². The first kappa shape index (κ1) is 17.2. The average molecular weight is 373 g/mol. The predicted octanol–water partition coefficient (Wildman–Crippen LogP) is 4.66. The van der Waals surface area contributed by atoms with Crippen LogP contribution in [0.4, 0.5) is 13.2 Å². The van der Waals surface area contributed by atoms with E-state index in [0.717, 1.165) is 21.9 Å². The highest BCUT2D eigenvalue weighted by atomic mass is 19.4. The number of halogens is 3. The normalized spacial score (nSPS) is 13.4. The number of hydrogen-bond acceptors (Lipinski definition) is 3. The maximum absolute atomic E-state index is 12.4. The highest BCUT2D eigenvalue weighted by Crippen LogP contribution is 2.39. The molecule has 1 amide bonds. The van der Waals surface area contributed by atoms with Crippen LogP contribution in [0.5, 0.6) is 11.5 Å². The van der Waals surface area contributed by atoms with Gasteiger partial charge in [0.05, 0.1) is 7.11 Å². The Labute approximate surface area is 152 Å². The van der Waals surface area contributed by atoms with Gasteiger partial charge < -0.3 is 14.8 Å². The number of benzene rings is 3. The second kappa shape index (κ2) is 6.19. The smallest absolute Gasteiger partial charge is 0.497 e. The number of carbonyl (C=O) groups excluding carboxylic acids is 1. The molecule has 1 aliphatic heterocycles. The molecule has 0 unspecified atom stereocenters. The maximum Gasteiger partial charge on any atom is 0.573 e. The molecule has 1 aliphatic rings. The Hall–Kier alpha value is -3.22. The van der Waals surface area contributed by atoms with Crippen LogP contribution < -0.4 is 14.8 Å². The average Bonchev–Trinajstić information content (AvgIpc) is 2.99. The summed E-state index contributed by atoms with van der Waals surface area (Å²) in [5, 5.41) is 4.50. The van der Waals surface area contributed by atoms with Crippen LogP contribution in [0.3, 0.4) is 0 Å². The topological polar surface area (TPSA) is 47.6 Å². The minimum atomic E-state index is -4.74. The van der Waals surface area contributed by atoms with E-state index in [1.165, 1.54) is 12.1 Å². The van der Waals surface area contributed by atoms with Crippen molar-refractivity contribution in [3.8, 4) is 22.6 Å². The molecular weight excluding hydrogens is 359 g/mol. The number of alkyl halides is 3. The van der Waals surface area contributed by atoms with Crippen LogP contribution in [0.1, 0.15) is 15.9 Å². The summed E-state index contributed by atoms with van der Waals surface area (Å²) in [6, 6.07) is 13.0. The molecule has 0 radical (unpaired) electrons. The minimum absolute atomic E-state index is 0.166. The highest BCUT2D eigenvalue weighted by molar-refractivity contribution is 6.09. The summed E-state index contributed by atoms with van der Waals surface area (Å²) in [4.78, 5) is 12.1. The molecule has 7 heteroatoms. The standard InChI is InChI=1S/C20H14F3NO3/c1-26-14-7-4-12-8-16-17(10-24-19(16)25)18(15(12)9-14)11-2-5-13(6-3-11)27-20(21,22)23/h2-9H,10H2,1H3,(H,24,25). The lowest BCUT2D eigenvalue weighted by Crippen LogP contribution is -2.16. The summed E-state index contributed by atoms with van der Waals surface area (Å²) < 4.78 is 46.4. The number of rotatable bonds is 3. The van der Waals surface area contributed by atoms with E-state index in [4.69, 9.17) is 4.74 Å². The largest absolute Gasteiger partial charge is 0.573 e. The molecule has 0 saturated heterocycles. The Morgan fingerprint density at radius 2 is 1.70 bits per heavy atom. The van der Waals surface area contributed by atoms with Gasteiger partial charge in [0.2, 0.25) is 0 Å². The van der Waals surface area contributed by atoms with Gasteiger partial charge in [0.1, 0.15) is 11.5 Å². The first-order valence-corrected chi connectivity index (χ1v) is 8.14. The number of nitrogens with one attached hydrogen (secondary N) is 1. The fourth-order valence-electron chi connectivity index (χ4n) is 3.35. The summed E-state index contributed by atoms with van der Waals surface area (Å²) in [6.07, 6.45) is -4.74. The lowest BCUT2D eigenvalue weighted by Gasteiger charge is -2.14. The number of hydrogen-bond donors (Lipinski definition) is 1. The fourth-order valence-corrected chi connectivity index (χ4v) is 3.35. The Morgan fingerprint density at radius 1 is 1.00 bits per heavy atom. The SMILES string of the molecule is COc1ccc2cc3c(c(-c4ccc(OC(F)(F)F)cc4)c2c1)CNC3=O. The third-order valence-electron chi connectivity index (χ3n) is 4.50. The van der Waals surface area contributed by atoms with E-state index in [1.54, 1.807) is 25.3 Å². The highest BCUT2D eigenvalue weighted by Gasteiger charge is 2.31. The Balaban J connectivity index is 1.90. The van der Waals surface area contributed by atoms with E-state index in [9.17, 15) is 18.0 Å². The molecule has 0 fully saturated rings. The zero-order chi connectivity index (χ0) is 19.2. The van der Waals surface area contributed by atoms with Crippen molar-refractivity contribution in [2.45, 2.75) is 12.9 Å². The van der Waals surface area contributed by atoms with Crippen LogP contribution in [0.25, 0.3) is 21.9 Å². The van der Waals surface area contributed by atoms with E-state index in [0.29, 0.717) is 23.4 Å². The van der Waals surface area contributed by atoms with E-state index >= 15 is 0 Å². The summed E-state index contributed by atoms with van der Waals surface area (Å²) >= 11 is 0. The van der Waals surface area contributed by atoms with Crippen molar-refractivity contribution in [3.05, 3.63) is 59.7 Å². The van der Waals surface area contributed by atoms with Crippen LogP contribution in [0.2, 0.25) is 0 Å². The lowest BCUT2D eigenvalue weighted by atomic mass is 9.90. The van der Waals surface area contributed by atoms with E-state index < -0.39 is 6.36 Å². The summed E-state index contributed by atoms with van der Waals surface area (Å²) in [5.41, 5.74) is 2.86. The molecule has 27 heavy (non-hydrogen) atoms. The molecule has 0 saturated carbocycles. The molecule has 0 atom stereocenters. The third kappa shape index (κ3) is 3.16. The van der Waals surface area contributed by atoms with Gasteiger partial charge >= 0.3 is 6.36 Å². The van der Waals surface area contributed by atoms with Crippen LogP contribution in [-0.2, 0) is 6.54 Å². The van der Waals surface area contributed by atoms with Crippen molar-refractivity contribution in [2.75, 3.05) is 7.11 Å². The molecule has 0 aliphatic carbocycles. The van der Waals surface area contributed by atoms with Crippen LogP contribution >= 0.6 is 0 Å². The summed E-state index contributed by atoms with van der Waals surface area (Å²) in [5.74, 6) is 0.189. The molecular formula is C20H14F3NO3. The van der Waals surface area contributed by atoms with Gasteiger partial charge in [-0.15, -0.1) is 13.2 Å². The van der Waals surface area contributed by atoms with Gasteiger partial charge in [0.15, 0.2) is 0 Å². The van der Waals surface area contributed by atoms with Gasteiger partial charge in [-0.1, -0.05) is 18.2 Å². The van der Waals surface area contributed by atoms with Gasteiger partial charge in [0.25, 0.3) is 5.91 Å². The number of methoxy groups -OCH3 is 1. The Morgan fingerprint density at radius 3 is 2.37 bits per heavy atom. The van der Waals surface area contributed by atoms with Crippen LogP contribution in [0.15, 0.2) is 48.5 Å². The first-order valence-electron chi connectivity index (χ1n) is 8.14. The first-order chi connectivity index (χ1) is 12.9. The summed E-state index contributed by atoms with van der Waals surface area (Å²) in [7, 11) is 1.56. The van der Waals surface area contributed by atoms with Crippen molar-refractivity contribution in [1.82, 2.24) is 5.32 Å². The molecule has 0 aromatic heterocycles. The maximum atomic E-state index is 12.4. The molecule has 0 spiro atoms. The van der Waals surface area contributed by atoms with E-state index in [2.05, 4.69) is 10.1 Å². The molecule has 3 aromatic carbocycles. The van der Waals surface area contributed by atoms with Gasteiger partial charge in [-0.2, -0.15) is 0 Å². The zero-order valence-corrected chi connectivity index (χ0v) is 14.2. The molecule has 138 valence electrons. The summed E-state index contributed by atoms with van der Waals surface area (Å²) in [6.45, 7) is 0.359. The van der Waals surface area contributed by atoms with Gasteiger partial charge in [-0.25, -0.2) is 0 Å². The zero-order valence-electron chi connectivity index (χ0n) is 14.2. The van der Waals surface area contributed by atoms with Crippen molar-refractivity contribution in [1.29, 1.82) is 0 Å². The van der Waals surface area contributed by atoms with Crippen molar-refractivity contribution >= 4 is 16.7 Å². The number of amides is 1. The van der Waals surface area contributed by atoms with Crippen LogP contribution in [-0.4, -0.2) is 19.4 Å². The van der Waals surface area contributed by atoms with E-state index in [-0.39, 0.29) is 11.7 Å². The minimum Gasteiger partial charge on any atom is -0.497 e. The molecule has 4 rings (SSSR count). The van der Waals surface area contributed by atoms with Gasteiger partial charge in [-0.3, -0.25) is 4.79 Å². The third-order valence-corrected chi connectivity index (χ3v) is 4.50. The van der Waals surface area contributed by atoms with E-state index in [1.807, 2.05) is 18.2 Å². The molecule has 0 bridgehead atoms. The molecule has 1 N–H and O–H groups in total. The molecule has 3 aromatic rings. The van der Waals surface area contributed by atoms with Crippen molar-refractivity contribution in [2.24, 2.45) is 0 Å². The number of ether oxygens (including phenoxy) is 2. The molecule has 1 heterocycles. The van der Waals surface area contributed by atoms with Crippen molar-refractivity contribution < 1.29 is 27.4 Å². The Kier molecular flexibility index (Phi) is 3.95.